The van der Waals surface area contributed by atoms with Gasteiger partial charge in [0, 0.05) is 16.8 Å². The van der Waals surface area contributed by atoms with Crippen LogP contribution in [0.2, 0.25) is 0 Å². The number of carbonyl (C=O) groups excluding carboxylic acids is 1. The summed E-state index contributed by atoms with van der Waals surface area (Å²) in [6.07, 6.45) is 6.07. The van der Waals surface area contributed by atoms with Crippen LogP contribution in [0.5, 0.6) is 0 Å². The fourth-order valence-electron chi connectivity index (χ4n) is 2.56. The first-order valence-electron chi connectivity index (χ1n) is 7.19. The van der Waals surface area contributed by atoms with Crippen LogP contribution in [0, 0.1) is 6.92 Å². The molecule has 1 aliphatic carbocycles. The second-order valence-corrected chi connectivity index (χ2v) is 6.37. The molecule has 0 radical (unpaired) electrons. The van der Waals surface area contributed by atoms with E-state index in [0.717, 1.165) is 24.2 Å². The third-order valence-electron chi connectivity index (χ3n) is 3.70. The van der Waals surface area contributed by atoms with Gasteiger partial charge in [-0.05, 0) is 38.7 Å². The van der Waals surface area contributed by atoms with Crippen LogP contribution in [0.1, 0.15) is 39.7 Å². The third-order valence-corrected chi connectivity index (χ3v) is 4.77. The fraction of sp³-hybridized carbons (Fsp3) is 0.357. The Morgan fingerprint density at radius 3 is 3.00 bits per heavy atom. The van der Waals surface area contributed by atoms with E-state index >= 15 is 0 Å². The van der Waals surface area contributed by atoms with E-state index in [0.29, 0.717) is 10.9 Å². The molecular formula is C14H14N6OS. The molecule has 1 aliphatic rings. The van der Waals surface area contributed by atoms with Crippen LogP contribution in [0.3, 0.4) is 0 Å². The largest absolute Gasteiger partial charge is 0.297 e. The molecule has 0 saturated carbocycles. The molecule has 3 heterocycles. The van der Waals surface area contributed by atoms with Crippen LogP contribution >= 0.6 is 11.3 Å². The van der Waals surface area contributed by atoms with E-state index in [1.54, 1.807) is 22.0 Å². The van der Waals surface area contributed by atoms with Gasteiger partial charge in [-0.25, -0.2) is 14.5 Å². The molecule has 112 valence electrons. The van der Waals surface area contributed by atoms with Crippen LogP contribution in [0.25, 0.3) is 5.78 Å². The highest BCUT2D eigenvalue weighted by molar-refractivity contribution is 7.15. The van der Waals surface area contributed by atoms with Crippen molar-refractivity contribution in [1.29, 1.82) is 0 Å². The van der Waals surface area contributed by atoms with Crippen LogP contribution in [0.15, 0.2) is 12.3 Å². The summed E-state index contributed by atoms with van der Waals surface area (Å²) in [7, 11) is 0. The standard InChI is InChI=1S/C14H14N6OS/c1-8-6-7-15-13-17-11(19-20(8)13)12(21)18-14-16-9-4-2-3-5-10(9)22-14/h6-7H,2-5H2,1H3,(H,16,18,21). The second kappa shape index (κ2) is 5.13. The van der Waals surface area contributed by atoms with Gasteiger partial charge < -0.3 is 0 Å². The summed E-state index contributed by atoms with van der Waals surface area (Å²) in [4.78, 5) is 26.3. The van der Waals surface area contributed by atoms with Crippen LogP contribution in [-0.2, 0) is 12.8 Å². The van der Waals surface area contributed by atoms with Gasteiger partial charge in [0.05, 0.1) is 5.69 Å². The number of nitrogens with zero attached hydrogens (tertiary/aromatic N) is 5. The topological polar surface area (TPSA) is 85.1 Å². The molecule has 3 aromatic rings. The van der Waals surface area contributed by atoms with E-state index < -0.39 is 0 Å². The second-order valence-electron chi connectivity index (χ2n) is 5.28. The van der Waals surface area contributed by atoms with Gasteiger partial charge in [0.15, 0.2) is 5.13 Å². The Kier molecular flexibility index (Phi) is 3.11. The first-order chi connectivity index (χ1) is 10.7. The van der Waals surface area contributed by atoms with Crippen LogP contribution < -0.4 is 5.32 Å². The summed E-state index contributed by atoms with van der Waals surface area (Å²) in [6, 6.07) is 1.82. The maximum absolute atomic E-state index is 12.3. The SMILES string of the molecule is Cc1ccnc2nc(C(=O)Nc3nc4c(s3)CCCC4)nn12. The number of amides is 1. The van der Waals surface area contributed by atoms with Gasteiger partial charge in [-0.2, -0.15) is 4.98 Å². The van der Waals surface area contributed by atoms with Crippen molar-refractivity contribution in [2.24, 2.45) is 0 Å². The number of carbonyl (C=O) groups is 1. The van der Waals surface area contributed by atoms with E-state index in [4.69, 9.17) is 0 Å². The van der Waals surface area contributed by atoms with Gasteiger partial charge in [-0.15, -0.1) is 16.4 Å². The number of aromatic nitrogens is 5. The third kappa shape index (κ3) is 2.25. The van der Waals surface area contributed by atoms with Crippen molar-refractivity contribution in [3.8, 4) is 0 Å². The molecule has 0 bridgehead atoms. The van der Waals surface area contributed by atoms with Gasteiger partial charge in [-0.1, -0.05) is 0 Å². The van der Waals surface area contributed by atoms with Crippen LogP contribution in [0.4, 0.5) is 5.13 Å². The van der Waals surface area contributed by atoms with Gasteiger partial charge in [-0.3, -0.25) is 10.1 Å². The molecule has 0 atom stereocenters. The first kappa shape index (κ1) is 13.3. The van der Waals surface area contributed by atoms with Crippen molar-refractivity contribution in [3.05, 3.63) is 34.4 Å². The smallest absolute Gasteiger partial charge is 0.295 e. The Labute approximate surface area is 130 Å². The normalized spacial score (nSPS) is 14.0. The minimum absolute atomic E-state index is 0.106. The molecule has 8 heteroatoms. The number of nitrogens with one attached hydrogen (secondary N) is 1. The first-order valence-corrected chi connectivity index (χ1v) is 8.01. The maximum Gasteiger partial charge on any atom is 0.297 e. The summed E-state index contributed by atoms with van der Waals surface area (Å²) in [5, 5.41) is 7.62. The van der Waals surface area contributed by atoms with E-state index in [2.05, 4.69) is 25.4 Å². The molecule has 22 heavy (non-hydrogen) atoms. The zero-order valence-electron chi connectivity index (χ0n) is 12.0. The Morgan fingerprint density at radius 1 is 1.32 bits per heavy atom. The number of aryl methyl sites for hydroxylation is 3. The number of hydrogen-bond donors (Lipinski definition) is 1. The lowest BCUT2D eigenvalue weighted by atomic mass is 10.0. The Balaban J connectivity index is 1.60. The monoisotopic (exact) mass is 314 g/mol. The molecule has 0 saturated heterocycles. The lowest BCUT2D eigenvalue weighted by Crippen LogP contribution is -2.14. The predicted molar refractivity (Wildman–Crippen MR) is 82.2 cm³/mol. The summed E-state index contributed by atoms with van der Waals surface area (Å²) < 4.78 is 1.56. The number of hydrogen-bond acceptors (Lipinski definition) is 6. The molecule has 4 rings (SSSR count). The van der Waals surface area contributed by atoms with Crippen molar-refractivity contribution in [2.75, 3.05) is 5.32 Å². The Bertz CT molecular complexity index is 844. The van der Waals surface area contributed by atoms with Crippen molar-refractivity contribution < 1.29 is 4.79 Å². The van der Waals surface area contributed by atoms with Gasteiger partial charge in [0.1, 0.15) is 0 Å². The van der Waals surface area contributed by atoms with E-state index in [1.807, 2.05) is 13.0 Å². The molecule has 0 unspecified atom stereocenters. The zero-order valence-corrected chi connectivity index (χ0v) is 12.9. The van der Waals surface area contributed by atoms with Crippen molar-refractivity contribution >= 4 is 28.2 Å². The van der Waals surface area contributed by atoms with E-state index in [1.165, 1.54) is 17.7 Å². The van der Waals surface area contributed by atoms with Crippen molar-refractivity contribution in [3.63, 3.8) is 0 Å². The minimum Gasteiger partial charge on any atom is -0.295 e. The number of thiazole rings is 1. The summed E-state index contributed by atoms with van der Waals surface area (Å²) in [5.74, 6) is 0.176. The summed E-state index contributed by atoms with van der Waals surface area (Å²) in [5.41, 5.74) is 1.99. The molecule has 7 nitrogen and oxygen atoms in total. The number of rotatable bonds is 2. The lowest BCUT2D eigenvalue weighted by molar-refractivity contribution is 0.101. The lowest BCUT2D eigenvalue weighted by Gasteiger charge is -2.06. The summed E-state index contributed by atoms with van der Waals surface area (Å²) in [6.45, 7) is 1.89. The minimum atomic E-state index is -0.351. The van der Waals surface area contributed by atoms with Gasteiger partial charge in [0.2, 0.25) is 5.82 Å². The quantitative estimate of drug-likeness (QED) is 0.782. The molecular weight excluding hydrogens is 300 g/mol. The Hall–Kier alpha value is -2.35. The molecule has 0 fully saturated rings. The molecule has 3 aromatic heterocycles. The predicted octanol–water partition coefficient (Wildman–Crippen LogP) is 2.02. The average molecular weight is 314 g/mol. The van der Waals surface area contributed by atoms with E-state index in [-0.39, 0.29) is 11.7 Å². The fourth-order valence-corrected chi connectivity index (χ4v) is 3.61. The number of fused-ring (bicyclic) bond motifs is 2. The van der Waals surface area contributed by atoms with Crippen molar-refractivity contribution in [1.82, 2.24) is 24.6 Å². The summed E-state index contributed by atoms with van der Waals surface area (Å²) >= 11 is 1.55. The maximum atomic E-state index is 12.3. The van der Waals surface area contributed by atoms with Crippen LogP contribution in [-0.4, -0.2) is 30.5 Å². The number of anilines is 1. The molecule has 1 amide bonds. The molecule has 0 aromatic carbocycles. The highest BCUT2D eigenvalue weighted by Gasteiger charge is 2.19. The Morgan fingerprint density at radius 2 is 2.18 bits per heavy atom. The van der Waals surface area contributed by atoms with Crippen molar-refractivity contribution in [2.45, 2.75) is 32.6 Å². The highest BCUT2D eigenvalue weighted by Crippen LogP contribution is 2.29. The molecule has 0 aliphatic heterocycles. The average Bonchev–Trinajstić information content (AvgIpc) is 3.10. The molecule has 1 N–H and O–H groups in total. The van der Waals surface area contributed by atoms with Gasteiger partial charge >= 0.3 is 0 Å². The molecule has 0 spiro atoms. The van der Waals surface area contributed by atoms with E-state index in [9.17, 15) is 4.79 Å². The van der Waals surface area contributed by atoms with Gasteiger partial charge in [0.25, 0.3) is 11.7 Å². The zero-order chi connectivity index (χ0) is 15.1. The highest BCUT2D eigenvalue weighted by atomic mass is 32.1.